The van der Waals surface area contributed by atoms with Gasteiger partial charge in [0.05, 0.1) is 0 Å². The van der Waals surface area contributed by atoms with Gasteiger partial charge in [-0.15, -0.1) is 0 Å². The van der Waals surface area contributed by atoms with Crippen LogP contribution in [0.3, 0.4) is 0 Å². The predicted octanol–water partition coefficient (Wildman–Crippen LogP) is 5.77. The maximum Gasteiger partial charge on any atom is 0.0130 e. The van der Waals surface area contributed by atoms with Gasteiger partial charge in [0.1, 0.15) is 0 Å². The number of nitrogens with two attached hydrogens (primary N) is 1. The number of hydrogen-bond donors (Lipinski definition) is 1. The van der Waals surface area contributed by atoms with Crippen LogP contribution < -0.4 is 5.73 Å². The van der Waals surface area contributed by atoms with Crippen molar-refractivity contribution in [1.29, 1.82) is 0 Å². The zero-order valence-corrected chi connectivity index (χ0v) is 14.4. The lowest BCUT2D eigenvalue weighted by molar-refractivity contribution is 0.535. The summed E-state index contributed by atoms with van der Waals surface area (Å²) in [5.74, 6) is 1.13. The first-order valence-corrected chi connectivity index (χ1v) is 9.58. The van der Waals surface area contributed by atoms with Gasteiger partial charge in [0.25, 0.3) is 0 Å². The molecule has 1 atom stereocenters. The number of thioether (sulfide) groups is 1. The molecule has 0 aliphatic carbocycles. The van der Waals surface area contributed by atoms with Gasteiger partial charge in [-0.1, -0.05) is 85.0 Å². The molecule has 0 aliphatic heterocycles. The molecule has 0 rings (SSSR count). The first-order chi connectivity index (χ1) is 9.16. The standard InChI is InChI=1S/C17H37NS/c1-4-5-6-7-8-9-10-11-12-13-14-17(18)15-19-16(2)3/h16-17H,4-15,18H2,1-3H3. The SMILES string of the molecule is CCCCCCCCCCCCC(N)CSC(C)C. The smallest absolute Gasteiger partial charge is 0.0130 e. The second-order valence-electron chi connectivity index (χ2n) is 6.11. The van der Waals surface area contributed by atoms with Crippen LogP contribution in [0.25, 0.3) is 0 Å². The second-order valence-corrected chi connectivity index (χ2v) is 7.72. The highest BCUT2D eigenvalue weighted by molar-refractivity contribution is 7.99. The number of rotatable bonds is 14. The molecule has 0 bridgehead atoms. The third kappa shape index (κ3) is 16.3. The van der Waals surface area contributed by atoms with E-state index in [2.05, 4.69) is 20.8 Å². The van der Waals surface area contributed by atoms with Crippen molar-refractivity contribution < 1.29 is 0 Å². The van der Waals surface area contributed by atoms with Gasteiger partial charge in [0, 0.05) is 11.8 Å². The van der Waals surface area contributed by atoms with Crippen LogP contribution in [0.1, 0.15) is 91.4 Å². The summed E-state index contributed by atoms with van der Waals surface area (Å²) in [4.78, 5) is 0. The molecule has 0 heterocycles. The predicted molar refractivity (Wildman–Crippen MR) is 92.0 cm³/mol. The first-order valence-electron chi connectivity index (χ1n) is 8.54. The summed E-state index contributed by atoms with van der Waals surface area (Å²) in [5.41, 5.74) is 6.11. The van der Waals surface area contributed by atoms with E-state index in [1.54, 1.807) is 0 Å². The second kappa shape index (κ2) is 14.7. The Bertz CT molecular complexity index is 171. The Morgan fingerprint density at radius 2 is 1.26 bits per heavy atom. The van der Waals surface area contributed by atoms with Gasteiger partial charge in [-0.3, -0.25) is 0 Å². The summed E-state index contributed by atoms with van der Waals surface area (Å²) in [6.07, 6.45) is 15.3. The Balaban J connectivity index is 3.09. The Morgan fingerprint density at radius 3 is 1.74 bits per heavy atom. The fraction of sp³-hybridized carbons (Fsp3) is 1.00. The molecule has 0 aromatic carbocycles. The Kier molecular flexibility index (Phi) is 15.0. The average molecular weight is 288 g/mol. The summed E-state index contributed by atoms with van der Waals surface area (Å²) < 4.78 is 0. The summed E-state index contributed by atoms with van der Waals surface area (Å²) >= 11 is 2.00. The highest BCUT2D eigenvalue weighted by atomic mass is 32.2. The highest BCUT2D eigenvalue weighted by Crippen LogP contribution is 2.14. The molecule has 0 saturated carbocycles. The van der Waals surface area contributed by atoms with Gasteiger partial charge in [-0.2, -0.15) is 11.8 Å². The maximum atomic E-state index is 6.11. The third-order valence-corrected chi connectivity index (χ3v) is 4.86. The topological polar surface area (TPSA) is 26.0 Å². The third-order valence-electron chi connectivity index (χ3n) is 3.57. The van der Waals surface area contributed by atoms with Crippen molar-refractivity contribution in [1.82, 2.24) is 0 Å². The quantitative estimate of drug-likeness (QED) is 0.411. The van der Waals surface area contributed by atoms with Gasteiger partial charge < -0.3 is 5.73 Å². The minimum Gasteiger partial charge on any atom is -0.327 e. The summed E-state index contributed by atoms with van der Waals surface area (Å²) in [7, 11) is 0. The average Bonchev–Trinajstić information content (AvgIpc) is 2.38. The minimum absolute atomic E-state index is 0.418. The molecule has 2 N–H and O–H groups in total. The molecule has 0 aromatic heterocycles. The van der Waals surface area contributed by atoms with Gasteiger partial charge >= 0.3 is 0 Å². The first kappa shape index (κ1) is 19.3. The molecule has 0 aliphatic rings. The zero-order valence-electron chi connectivity index (χ0n) is 13.6. The van der Waals surface area contributed by atoms with E-state index in [4.69, 9.17) is 5.73 Å². The monoisotopic (exact) mass is 287 g/mol. The van der Waals surface area contributed by atoms with Crippen molar-refractivity contribution in [3.8, 4) is 0 Å². The summed E-state index contributed by atoms with van der Waals surface area (Å²) in [6, 6.07) is 0.418. The fourth-order valence-corrected chi connectivity index (χ4v) is 3.09. The molecule has 0 fully saturated rings. The molecule has 0 saturated heterocycles. The largest absolute Gasteiger partial charge is 0.327 e. The van der Waals surface area contributed by atoms with Gasteiger partial charge in [0.2, 0.25) is 0 Å². The molecule has 0 spiro atoms. The van der Waals surface area contributed by atoms with E-state index in [9.17, 15) is 0 Å². The lowest BCUT2D eigenvalue weighted by atomic mass is 10.0. The Hall–Kier alpha value is 0.310. The van der Waals surface area contributed by atoms with E-state index in [1.165, 1.54) is 70.6 Å². The van der Waals surface area contributed by atoms with Crippen LogP contribution in [0, 0.1) is 0 Å². The van der Waals surface area contributed by atoms with Crippen LogP contribution in [0.4, 0.5) is 0 Å². The number of hydrogen-bond acceptors (Lipinski definition) is 2. The molecular weight excluding hydrogens is 250 g/mol. The lowest BCUT2D eigenvalue weighted by Crippen LogP contribution is -2.23. The van der Waals surface area contributed by atoms with Gasteiger partial charge in [0.15, 0.2) is 0 Å². The molecule has 0 aromatic rings. The highest BCUT2D eigenvalue weighted by Gasteiger charge is 2.04. The fourth-order valence-electron chi connectivity index (χ4n) is 2.29. The van der Waals surface area contributed by atoms with E-state index in [-0.39, 0.29) is 0 Å². The normalized spacial score (nSPS) is 13.1. The molecule has 116 valence electrons. The minimum atomic E-state index is 0.418. The van der Waals surface area contributed by atoms with Crippen molar-refractivity contribution in [2.24, 2.45) is 5.73 Å². The van der Waals surface area contributed by atoms with Crippen molar-refractivity contribution in [2.75, 3.05) is 5.75 Å². The van der Waals surface area contributed by atoms with Crippen molar-refractivity contribution in [3.05, 3.63) is 0 Å². The van der Waals surface area contributed by atoms with Crippen LogP contribution in [0.2, 0.25) is 0 Å². The zero-order chi connectivity index (χ0) is 14.3. The Morgan fingerprint density at radius 1 is 0.789 bits per heavy atom. The van der Waals surface area contributed by atoms with E-state index in [0.29, 0.717) is 6.04 Å². The molecule has 1 nitrogen and oxygen atoms in total. The molecule has 19 heavy (non-hydrogen) atoms. The van der Waals surface area contributed by atoms with Crippen molar-refractivity contribution >= 4 is 11.8 Å². The van der Waals surface area contributed by atoms with Crippen LogP contribution in [-0.4, -0.2) is 17.0 Å². The number of unbranched alkanes of at least 4 members (excludes halogenated alkanes) is 9. The summed E-state index contributed by atoms with van der Waals surface area (Å²) in [6.45, 7) is 6.78. The molecule has 0 amide bonds. The lowest BCUT2D eigenvalue weighted by Gasteiger charge is -2.12. The Labute approximate surface area is 126 Å². The van der Waals surface area contributed by atoms with Gasteiger partial charge in [-0.25, -0.2) is 0 Å². The summed E-state index contributed by atoms with van der Waals surface area (Å²) in [5, 5.41) is 0.721. The van der Waals surface area contributed by atoms with E-state index >= 15 is 0 Å². The molecule has 2 heteroatoms. The molecule has 0 radical (unpaired) electrons. The molecular formula is C17H37NS. The van der Waals surface area contributed by atoms with Crippen LogP contribution in [-0.2, 0) is 0 Å². The van der Waals surface area contributed by atoms with Crippen LogP contribution >= 0.6 is 11.8 Å². The molecule has 1 unspecified atom stereocenters. The van der Waals surface area contributed by atoms with E-state index in [1.807, 2.05) is 11.8 Å². The van der Waals surface area contributed by atoms with Crippen molar-refractivity contribution in [3.63, 3.8) is 0 Å². The van der Waals surface area contributed by atoms with E-state index in [0.717, 1.165) is 11.0 Å². The maximum absolute atomic E-state index is 6.11. The van der Waals surface area contributed by atoms with Crippen molar-refractivity contribution in [2.45, 2.75) is 103 Å². The van der Waals surface area contributed by atoms with E-state index < -0.39 is 0 Å². The van der Waals surface area contributed by atoms with Gasteiger partial charge in [-0.05, 0) is 11.7 Å². The van der Waals surface area contributed by atoms with Crippen LogP contribution in [0.5, 0.6) is 0 Å². The van der Waals surface area contributed by atoms with Crippen LogP contribution in [0.15, 0.2) is 0 Å².